The molecule has 0 unspecified atom stereocenters. The van der Waals surface area contributed by atoms with Gasteiger partial charge in [-0.05, 0) is 79.4 Å². The van der Waals surface area contributed by atoms with E-state index in [0.29, 0.717) is 12.2 Å². The van der Waals surface area contributed by atoms with Crippen LogP contribution in [0.25, 0.3) is 10.9 Å². The summed E-state index contributed by atoms with van der Waals surface area (Å²) in [4.78, 5) is 21.8. The second kappa shape index (κ2) is 16.2. The first kappa shape index (κ1) is 32.2. The van der Waals surface area contributed by atoms with E-state index in [1.54, 1.807) is 6.08 Å². The Morgan fingerprint density at radius 3 is 2.55 bits per heavy atom. The van der Waals surface area contributed by atoms with Crippen molar-refractivity contribution >= 4 is 28.1 Å². The zero-order valence-electron chi connectivity index (χ0n) is 27.1. The van der Waals surface area contributed by atoms with Crippen molar-refractivity contribution in [2.75, 3.05) is 43.4 Å². The van der Waals surface area contributed by atoms with Crippen molar-refractivity contribution in [2.45, 2.75) is 58.0 Å². The summed E-state index contributed by atoms with van der Waals surface area (Å²) in [6.45, 7) is 6.34. The number of anilines is 2. The number of ketones is 1. The highest BCUT2D eigenvalue weighted by atomic mass is 16.5. The van der Waals surface area contributed by atoms with Gasteiger partial charge in [-0.1, -0.05) is 55.2 Å². The highest BCUT2D eigenvalue weighted by Gasteiger charge is 2.20. The molecule has 0 amide bonds. The van der Waals surface area contributed by atoms with Crippen LogP contribution in [-0.2, 0) is 13.1 Å². The Morgan fingerprint density at radius 2 is 1.74 bits per heavy atom. The molecule has 0 bridgehead atoms. The Kier molecular flexibility index (Phi) is 11.1. The lowest BCUT2D eigenvalue weighted by Gasteiger charge is -2.36. The first-order valence-electron chi connectivity index (χ1n) is 16.9. The standard InChI is InChI=1S/C38H45N7O2/c39-32-14-17-35-36(27-32)40-20-19-37(35)44-24-22-43(23-25-44)28-33-29-45(42-41-33)21-7-3-1-2-4-8-26-47-34-15-12-31(13-16-34)38(46)18-11-30-9-5-6-10-30/h5,9-20,27,29H,1-4,6-8,21-26,28,39H2/b18-11+. The first-order valence-corrected chi connectivity index (χ1v) is 16.9. The number of nitrogens with two attached hydrogens (primary N) is 1. The number of unbranched alkanes of at least 4 members (excludes halogenated alkanes) is 5. The summed E-state index contributed by atoms with van der Waals surface area (Å²) < 4.78 is 7.88. The van der Waals surface area contributed by atoms with Crippen LogP contribution in [0.3, 0.4) is 0 Å². The smallest absolute Gasteiger partial charge is 0.185 e. The Bertz CT molecular complexity index is 1720. The first-order chi connectivity index (χ1) is 23.1. The van der Waals surface area contributed by atoms with E-state index in [2.05, 4.69) is 55.6 Å². The molecule has 1 aliphatic heterocycles. The van der Waals surface area contributed by atoms with Crippen molar-refractivity contribution < 1.29 is 9.53 Å². The van der Waals surface area contributed by atoms with Gasteiger partial charge in [-0.25, -0.2) is 0 Å². The summed E-state index contributed by atoms with van der Waals surface area (Å²) in [6.07, 6.45) is 21.5. The van der Waals surface area contributed by atoms with E-state index in [-0.39, 0.29) is 5.78 Å². The number of carbonyl (C=O) groups excluding carboxylic acids is 1. The van der Waals surface area contributed by atoms with Gasteiger partial charge in [0.15, 0.2) is 5.78 Å². The molecular formula is C38H45N7O2. The molecule has 47 heavy (non-hydrogen) atoms. The van der Waals surface area contributed by atoms with Crippen molar-refractivity contribution in [1.29, 1.82) is 0 Å². The van der Waals surface area contributed by atoms with Crippen LogP contribution in [0.2, 0.25) is 0 Å². The van der Waals surface area contributed by atoms with Crippen molar-refractivity contribution in [2.24, 2.45) is 0 Å². The summed E-state index contributed by atoms with van der Waals surface area (Å²) in [7, 11) is 0. The normalized spacial score (nSPS) is 15.1. The number of carbonyl (C=O) groups is 1. The molecule has 2 N–H and O–H groups in total. The van der Waals surface area contributed by atoms with Gasteiger partial charge in [-0.3, -0.25) is 19.4 Å². The Labute approximate surface area is 277 Å². The van der Waals surface area contributed by atoms with Crippen LogP contribution in [0.15, 0.2) is 96.9 Å². The van der Waals surface area contributed by atoms with Crippen LogP contribution in [0.4, 0.5) is 11.4 Å². The average Bonchev–Trinajstić information content (AvgIpc) is 3.79. The molecule has 2 aromatic carbocycles. The number of nitrogen functional groups attached to an aromatic ring is 1. The van der Waals surface area contributed by atoms with Gasteiger partial charge < -0.3 is 15.4 Å². The van der Waals surface area contributed by atoms with Gasteiger partial charge in [0.1, 0.15) is 5.75 Å². The maximum Gasteiger partial charge on any atom is 0.185 e. The molecule has 9 nitrogen and oxygen atoms in total. The maximum atomic E-state index is 12.4. The van der Waals surface area contributed by atoms with Crippen molar-refractivity contribution in [1.82, 2.24) is 24.9 Å². The fraction of sp³-hybridized carbons (Fsp3) is 0.368. The molecule has 0 spiro atoms. The lowest BCUT2D eigenvalue weighted by atomic mass is 10.1. The molecule has 4 aromatic rings. The van der Waals surface area contributed by atoms with Crippen LogP contribution < -0.4 is 15.4 Å². The lowest BCUT2D eigenvalue weighted by molar-refractivity contribution is 0.104. The third-order valence-corrected chi connectivity index (χ3v) is 8.84. The monoisotopic (exact) mass is 631 g/mol. The highest BCUT2D eigenvalue weighted by Crippen LogP contribution is 2.28. The number of hydrogen-bond acceptors (Lipinski definition) is 8. The molecule has 2 aliphatic rings. The van der Waals surface area contributed by atoms with E-state index >= 15 is 0 Å². The van der Waals surface area contributed by atoms with Crippen LogP contribution in [0.1, 0.15) is 61.0 Å². The number of fused-ring (bicyclic) bond motifs is 1. The second-order valence-corrected chi connectivity index (χ2v) is 12.4. The zero-order valence-corrected chi connectivity index (χ0v) is 27.1. The van der Waals surface area contributed by atoms with Gasteiger partial charge in [0.2, 0.25) is 0 Å². The lowest BCUT2D eigenvalue weighted by Crippen LogP contribution is -2.46. The van der Waals surface area contributed by atoms with Gasteiger partial charge in [0, 0.05) is 74.0 Å². The minimum absolute atomic E-state index is 0.00941. The van der Waals surface area contributed by atoms with Crippen LogP contribution in [0, 0.1) is 0 Å². The quantitative estimate of drug-likeness (QED) is 0.0625. The van der Waals surface area contributed by atoms with Crippen molar-refractivity contribution in [3.63, 3.8) is 0 Å². The summed E-state index contributed by atoms with van der Waals surface area (Å²) in [5.41, 5.74) is 11.7. The summed E-state index contributed by atoms with van der Waals surface area (Å²) >= 11 is 0. The molecule has 9 heteroatoms. The van der Waals surface area contributed by atoms with Gasteiger partial charge >= 0.3 is 0 Å². The van der Waals surface area contributed by atoms with E-state index in [4.69, 9.17) is 10.5 Å². The molecule has 1 fully saturated rings. The minimum atomic E-state index is 0.00941. The number of benzene rings is 2. The molecule has 1 saturated heterocycles. The Balaban J connectivity index is 0.809. The molecular weight excluding hydrogens is 586 g/mol. The number of aryl methyl sites for hydroxylation is 1. The minimum Gasteiger partial charge on any atom is -0.494 e. The Morgan fingerprint density at radius 1 is 0.936 bits per heavy atom. The fourth-order valence-corrected chi connectivity index (χ4v) is 6.18. The number of pyridine rings is 1. The molecule has 0 atom stereocenters. The number of hydrogen-bond donors (Lipinski definition) is 1. The molecule has 1 aliphatic carbocycles. The third-order valence-electron chi connectivity index (χ3n) is 8.84. The maximum absolute atomic E-state index is 12.4. The summed E-state index contributed by atoms with van der Waals surface area (Å²) in [5, 5.41) is 9.98. The summed E-state index contributed by atoms with van der Waals surface area (Å²) in [5.74, 6) is 0.821. The largest absolute Gasteiger partial charge is 0.494 e. The number of allylic oxidation sites excluding steroid dienone is 6. The SMILES string of the molecule is Nc1ccc2c(N3CCN(Cc4cn(CCCCCCCCOc5ccc(C(=O)/C=C/C6=CCC=C6)cc5)nn4)CC3)ccnc2c1. The predicted octanol–water partition coefficient (Wildman–Crippen LogP) is 6.78. The molecule has 244 valence electrons. The summed E-state index contributed by atoms with van der Waals surface area (Å²) in [6, 6.07) is 15.5. The third kappa shape index (κ3) is 9.16. The number of nitrogens with zero attached hydrogens (tertiary/aromatic N) is 6. The highest BCUT2D eigenvalue weighted by molar-refractivity contribution is 6.04. The van der Waals surface area contributed by atoms with Crippen molar-refractivity contribution in [3.8, 4) is 5.75 Å². The van der Waals surface area contributed by atoms with Crippen LogP contribution in [-0.4, -0.2) is 63.4 Å². The van der Waals surface area contributed by atoms with Gasteiger partial charge in [-0.15, -0.1) is 5.10 Å². The molecule has 0 saturated carbocycles. The molecule has 6 rings (SSSR count). The molecule has 2 aromatic heterocycles. The van der Waals surface area contributed by atoms with E-state index in [1.165, 1.54) is 24.9 Å². The molecule has 3 heterocycles. The fourth-order valence-electron chi connectivity index (χ4n) is 6.18. The zero-order chi connectivity index (χ0) is 32.3. The Hall–Kier alpha value is -4.76. The van der Waals surface area contributed by atoms with E-state index in [9.17, 15) is 4.79 Å². The van der Waals surface area contributed by atoms with Crippen molar-refractivity contribution in [3.05, 3.63) is 108 Å². The van der Waals surface area contributed by atoms with E-state index in [0.717, 1.165) is 98.6 Å². The number of piperazine rings is 1. The van der Waals surface area contributed by atoms with Gasteiger partial charge in [-0.2, -0.15) is 0 Å². The average molecular weight is 632 g/mol. The van der Waals surface area contributed by atoms with E-state index < -0.39 is 0 Å². The van der Waals surface area contributed by atoms with Gasteiger partial charge in [0.05, 0.1) is 17.8 Å². The predicted molar refractivity (Wildman–Crippen MR) is 189 cm³/mol. The van der Waals surface area contributed by atoms with Crippen LogP contribution >= 0.6 is 0 Å². The molecule has 0 radical (unpaired) electrons. The van der Waals surface area contributed by atoms with Gasteiger partial charge in [0.25, 0.3) is 0 Å². The number of aromatic nitrogens is 4. The van der Waals surface area contributed by atoms with E-state index in [1.807, 2.05) is 59.4 Å². The topological polar surface area (TPSA) is 102 Å². The number of rotatable bonds is 16. The number of ether oxygens (including phenoxy) is 1. The van der Waals surface area contributed by atoms with Crippen LogP contribution in [0.5, 0.6) is 5.75 Å². The second-order valence-electron chi connectivity index (χ2n) is 12.4.